The first-order valence-corrected chi connectivity index (χ1v) is 22.8. The maximum atomic E-state index is 12.7. The Kier molecular flexibility index (Phi) is 35.4. The van der Waals surface area contributed by atoms with Crippen LogP contribution in [0, 0.1) is 0 Å². The van der Waals surface area contributed by atoms with Gasteiger partial charge in [0.25, 0.3) is 0 Å². The van der Waals surface area contributed by atoms with Gasteiger partial charge in [0.05, 0.1) is 6.61 Å². The Morgan fingerprint density at radius 2 is 0.852 bits per heavy atom. The van der Waals surface area contributed by atoms with Gasteiger partial charge in [-0.1, -0.05) is 162 Å². The normalized spacial score (nSPS) is 13.1. The molecule has 0 bridgehead atoms. The van der Waals surface area contributed by atoms with E-state index in [1.807, 2.05) is 0 Å². The summed E-state index contributed by atoms with van der Waals surface area (Å²) in [6.07, 6.45) is 33.8. The highest BCUT2D eigenvalue weighted by Gasteiger charge is 2.46. The predicted octanol–water partition coefficient (Wildman–Crippen LogP) is 10.1. The van der Waals surface area contributed by atoms with E-state index in [1.54, 1.807) is 0 Å². The minimum absolute atomic E-state index is 0.0284. The van der Waals surface area contributed by atoms with E-state index in [2.05, 4.69) is 20.8 Å². The van der Waals surface area contributed by atoms with E-state index in [9.17, 15) is 30.0 Å². The third kappa shape index (κ3) is 31.0. The highest BCUT2D eigenvalue weighted by Crippen LogP contribution is 2.22. The molecule has 0 saturated heterocycles. The Morgan fingerprint density at radius 1 is 0.500 bits per heavy atom. The molecule has 0 aliphatic heterocycles. The zero-order chi connectivity index (χ0) is 40.2. The van der Waals surface area contributed by atoms with Crippen LogP contribution in [0.5, 0.6) is 0 Å². The number of hydrogen-bond donors (Lipinski definition) is 4. The number of ether oxygens (including phenoxy) is 2. The molecular formula is C44H86BNO8. The standard InChI is InChI=1S/C44H86BNO8/c1-4-7-10-13-16-25-32-39-53-41(47)35-28-21-17-23-30-37-46(43(45,49)44(50,51)52)38-31-24-18-22-29-36-42(48)54-40(33-26-19-14-11-8-5-2)34-27-20-15-12-9-6-3/h40,49-52H,4-39H2,1-3H3. The third-order valence-electron chi connectivity index (χ3n) is 10.7. The van der Waals surface area contributed by atoms with Crippen molar-refractivity contribution in [2.45, 2.75) is 250 Å². The molecule has 0 rings (SSSR count). The Morgan fingerprint density at radius 3 is 1.28 bits per heavy atom. The van der Waals surface area contributed by atoms with Crippen LogP contribution in [-0.4, -0.2) is 82.5 Å². The summed E-state index contributed by atoms with van der Waals surface area (Å²) in [5.74, 6) is -3.71. The second-order valence-corrected chi connectivity index (χ2v) is 16.0. The molecule has 1 unspecified atom stereocenters. The van der Waals surface area contributed by atoms with Crippen molar-refractivity contribution in [2.24, 2.45) is 0 Å². The molecule has 0 amide bonds. The van der Waals surface area contributed by atoms with Gasteiger partial charge in [-0.3, -0.25) is 14.5 Å². The fourth-order valence-electron chi connectivity index (χ4n) is 7.00. The minimum Gasteiger partial charge on any atom is -0.466 e. The molecule has 0 spiro atoms. The van der Waals surface area contributed by atoms with Crippen molar-refractivity contribution in [1.82, 2.24) is 4.90 Å². The Hall–Kier alpha value is -1.20. The Balaban J connectivity index is 4.36. The van der Waals surface area contributed by atoms with E-state index in [0.29, 0.717) is 32.3 Å². The minimum atomic E-state index is -3.47. The number of hydrogen-bond acceptors (Lipinski definition) is 9. The fourth-order valence-corrected chi connectivity index (χ4v) is 7.00. The van der Waals surface area contributed by atoms with Gasteiger partial charge in [-0.15, -0.1) is 0 Å². The lowest BCUT2D eigenvalue weighted by Crippen LogP contribution is -2.65. The smallest absolute Gasteiger partial charge is 0.310 e. The van der Waals surface area contributed by atoms with Gasteiger partial charge < -0.3 is 29.9 Å². The summed E-state index contributed by atoms with van der Waals surface area (Å²) in [5.41, 5.74) is -2.71. The first-order chi connectivity index (χ1) is 26.0. The second-order valence-electron chi connectivity index (χ2n) is 16.0. The van der Waals surface area contributed by atoms with E-state index in [-0.39, 0.29) is 31.1 Å². The average molecular weight is 768 g/mol. The van der Waals surface area contributed by atoms with Gasteiger partial charge in [-0.25, -0.2) is 0 Å². The van der Waals surface area contributed by atoms with Gasteiger partial charge >= 0.3 is 17.9 Å². The summed E-state index contributed by atoms with van der Waals surface area (Å²) < 4.78 is 11.3. The molecule has 318 valence electrons. The fraction of sp³-hybridized carbons (Fsp3) is 0.955. The number of aliphatic hydroxyl groups is 4. The van der Waals surface area contributed by atoms with Crippen LogP contribution in [0.4, 0.5) is 0 Å². The lowest BCUT2D eigenvalue weighted by atomic mass is 9.85. The number of rotatable bonds is 41. The molecule has 2 radical (unpaired) electrons. The number of esters is 2. The summed E-state index contributed by atoms with van der Waals surface area (Å²) in [7, 11) is 5.80. The summed E-state index contributed by atoms with van der Waals surface area (Å²) >= 11 is 0. The van der Waals surface area contributed by atoms with Crippen LogP contribution >= 0.6 is 0 Å². The topological polar surface area (TPSA) is 137 Å². The predicted molar refractivity (Wildman–Crippen MR) is 222 cm³/mol. The van der Waals surface area contributed by atoms with Crippen molar-refractivity contribution in [2.75, 3.05) is 19.7 Å². The average Bonchev–Trinajstić information content (AvgIpc) is 3.13. The zero-order valence-corrected chi connectivity index (χ0v) is 35.5. The SMILES string of the molecule is [B]C(O)(N(CCCCCCCC(=O)OCCCCCCCCC)CCCCCCCC(=O)OC(CCCCCCCC)CCCCCCCC)C(O)(O)O. The highest BCUT2D eigenvalue weighted by atomic mass is 16.7. The molecule has 9 nitrogen and oxygen atoms in total. The molecule has 54 heavy (non-hydrogen) atoms. The first-order valence-electron chi connectivity index (χ1n) is 22.8. The third-order valence-corrected chi connectivity index (χ3v) is 10.7. The van der Waals surface area contributed by atoms with Gasteiger partial charge in [0.2, 0.25) is 0 Å². The van der Waals surface area contributed by atoms with Gasteiger partial charge in [0.15, 0.2) is 5.62 Å². The largest absolute Gasteiger partial charge is 0.466 e. The molecule has 0 aromatic carbocycles. The summed E-state index contributed by atoms with van der Waals surface area (Å²) in [6.45, 7) is 7.73. The summed E-state index contributed by atoms with van der Waals surface area (Å²) in [4.78, 5) is 26.1. The molecule has 10 heteroatoms. The Bertz CT molecular complexity index is 837. The molecule has 4 N–H and O–H groups in total. The molecule has 0 aromatic rings. The molecule has 0 aliphatic rings. The van der Waals surface area contributed by atoms with Crippen molar-refractivity contribution < 1.29 is 39.5 Å². The van der Waals surface area contributed by atoms with Gasteiger partial charge in [-0.2, -0.15) is 0 Å². The van der Waals surface area contributed by atoms with Crippen molar-refractivity contribution >= 4 is 19.8 Å². The van der Waals surface area contributed by atoms with Crippen LogP contribution in [-0.2, 0) is 19.1 Å². The van der Waals surface area contributed by atoms with Crippen LogP contribution in [0.2, 0.25) is 0 Å². The van der Waals surface area contributed by atoms with Gasteiger partial charge in [0.1, 0.15) is 14.0 Å². The molecule has 0 aliphatic carbocycles. The van der Waals surface area contributed by atoms with Gasteiger partial charge in [0, 0.05) is 25.9 Å². The van der Waals surface area contributed by atoms with Crippen LogP contribution in [0.15, 0.2) is 0 Å². The number of nitrogens with zero attached hydrogens (tertiary/aromatic N) is 1. The van der Waals surface area contributed by atoms with Crippen LogP contribution in [0.1, 0.15) is 233 Å². The van der Waals surface area contributed by atoms with Crippen LogP contribution in [0.25, 0.3) is 0 Å². The zero-order valence-electron chi connectivity index (χ0n) is 35.5. The molecule has 0 fully saturated rings. The first kappa shape index (κ1) is 52.8. The van der Waals surface area contributed by atoms with Crippen molar-refractivity contribution in [3.05, 3.63) is 0 Å². The number of carbonyl (C=O) groups is 2. The van der Waals surface area contributed by atoms with Crippen LogP contribution in [0.3, 0.4) is 0 Å². The van der Waals surface area contributed by atoms with E-state index < -0.39 is 11.6 Å². The Labute approximate surface area is 333 Å². The number of carbonyl (C=O) groups excluding carboxylic acids is 2. The summed E-state index contributed by atoms with van der Waals surface area (Å²) in [5, 5.41) is 39.9. The highest BCUT2D eigenvalue weighted by molar-refractivity contribution is 6.14. The monoisotopic (exact) mass is 768 g/mol. The lowest BCUT2D eigenvalue weighted by molar-refractivity contribution is -0.396. The van der Waals surface area contributed by atoms with Crippen molar-refractivity contribution in [3.8, 4) is 0 Å². The van der Waals surface area contributed by atoms with Crippen LogP contribution < -0.4 is 0 Å². The summed E-state index contributed by atoms with van der Waals surface area (Å²) in [6, 6.07) is 0. The molecule has 0 saturated carbocycles. The van der Waals surface area contributed by atoms with Gasteiger partial charge in [-0.05, 0) is 57.8 Å². The second kappa shape index (κ2) is 36.2. The quantitative estimate of drug-likeness (QED) is 0.0207. The van der Waals surface area contributed by atoms with Crippen molar-refractivity contribution in [3.63, 3.8) is 0 Å². The van der Waals surface area contributed by atoms with Crippen molar-refractivity contribution in [1.29, 1.82) is 0 Å². The molecular weight excluding hydrogens is 681 g/mol. The molecule has 0 heterocycles. The molecule has 1 atom stereocenters. The maximum absolute atomic E-state index is 12.7. The molecule has 0 aromatic heterocycles. The van der Waals surface area contributed by atoms with E-state index in [1.165, 1.54) is 101 Å². The van der Waals surface area contributed by atoms with E-state index in [4.69, 9.17) is 17.3 Å². The maximum Gasteiger partial charge on any atom is 0.310 e. The number of unbranched alkanes of at least 4 members (excludes halogenated alkanes) is 24. The van der Waals surface area contributed by atoms with E-state index in [0.717, 1.165) is 89.9 Å². The van der Waals surface area contributed by atoms with E-state index >= 15 is 0 Å². The lowest BCUT2D eigenvalue weighted by Gasteiger charge is -2.42.